The largest absolute Gasteiger partial charge is 0.467 e. The van der Waals surface area contributed by atoms with Gasteiger partial charge in [-0.05, 0) is 12.1 Å². The number of rotatable bonds is 9. The minimum atomic E-state index is -0.343. The van der Waals surface area contributed by atoms with Crippen molar-refractivity contribution in [3.05, 3.63) is 24.2 Å². The van der Waals surface area contributed by atoms with E-state index in [4.69, 9.17) is 13.9 Å². The van der Waals surface area contributed by atoms with Gasteiger partial charge >= 0.3 is 0 Å². The average molecular weight is 270 g/mol. The number of furan rings is 1. The molecular formula is C12H18N2O5. The number of methoxy groups -OCH3 is 1. The molecule has 2 N–H and O–H groups in total. The monoisotopic (exact) mass is 270 g/mol. The molecular weight excluding hydrogens is 252 g/mol. The molecule has 106 valence electrons. The lowest BCUT2D eigenvalue weighted by Gasteiger charge is -2.06. The van der Waals surface area contributed by atoms with Crippen LogP contribution >= 0.6 is 0 Å². The minimum absolute atomic E-state index is 0.0885. The first-order valence-corrected chi connectivity index (χ1v) is 5.85. The number of ether oxygens (including phenoxy) is 2. The maximum atomic E-state index is 11.4. The molecule has 0 fully saturated rings. The van der Waals surface area contributed by atoms with E-state index < -0.39 is 0 Å². The Morgan fingerprint density at radius 3 is 2.79 bits per heavy atom. The van der Waals surface area contributed by atoms with E-state index in [0.29, 0.717) is 25.5 Å². The molecule has 1 heterocycles. The highest BCUT2D eigenvalue weighted by Crippen LogP contribution is 1.97. The first-order chi connectivity index (χ1) is 9.22. The van der Waals surface area contributed by atoms with E-state index in [1.54, 1.807) is 19.2 Å². The highest BCUT2D eigenvalue weighted by atomic mass is 16.5. The number of hydrogen-bond acceptors (Lipinski definition) is 5. The molecule has 0 bridgehead atoms. The van der Waals surface area contributed by atoms with Crippen LogP contribution < -0.4 is 10.6 Å². The first kappa shape index (κ1) is 15.2. The van der Waals surface area contributed by atoms with Crippen molar-refractivity contribution in [3.8, 4) is 0 Å². The minimum Gasteiger partial charge on any atom is -0.467 e. The summed E-state index contributed by atoms with van der Waals surface area (Å²) in [6.07, 6.45) is 1.53. The lowest BCUT2D eigenvalue weighted by Crippen LogP contribution is -2.38. The van der Waals surface area contributed by atoms with Crippen molar-refractivity contribution < 1.29 is 23.5 Å². The molecule has 19 heavy (non-hydrogen) atoms. The Labute approximate surface area is 111 Å². The molecule has 0 aliphatic rings. The predicted molar refractivity (Wildman–Crippen MR) is 66.3 cm³/mol. The van der Waals surface area contributed by atoms with Crippen LogP contribution in [0.4, 0.5) is 0 Å². The van der Waals surface area contributed by atoms with Gasteiger partial charge in [0.25, 0.3) is 0 Å². The second kappa shape index (κ2) is 9.12. The van der Waals surface area contributed by atoms with Gasteiger partial charge < -0.3 is 24.5 Å². The maximum Gasteiger partial charge on any atom is 0.246 e. The Bertz CT molecular complexity index is 377. The smallest absolute Gasteiger partial charge is 0.246 e. The fourth-order valence-electron chi connectivity index (χ4n) is 1.20. The van der Waals surface area contributed by atoms with Crippen molar-refractivity contribution in [2.75, 3.05) is 33.5 Å². The maximum absolute atomic E-state index is 11.4. The summed E-state index contributed by atoms with van der Waals surface area (Å²) >= 11 is 0. The van der Waals surface area contributed by atoms with Gasteiger partial charge in [0, 0.05) is 7.11 Å². The fraction of sp³-hybridized carbons (Fsp3) is 0.500. The highest BCUT2D eigenvalue weighted by molar-refractivity contribution is 5.85. The van der Waals surface area contributed by atoms with Crippen LogP contribution in [-0.2, 0) is 25.6 Å². The number of hydrogen-bond donors (Lipinski definition) is 2. The molecule has 7 heteroatoms. The molecule has 1 rings (SSSR count). The number of carbonyl (C=O) groups excluding carboxylic acids is 2. The number of amides is 2. The van der Waals surface area contributed by atoms with Crippen LogP contribution in [0.15, 0.2) is 22.8 Å². The summed E-state index contributed by atoms with van der Waals surface area (Å²) < 4.78 is 14.8. The summed E-state index contributed by atoms with van der Waals surface area (Å²) in [7, 11) is 1.55. The summed E-state index contributed by atoms with van der Waals surface area (Å²) in [4.78, 5) is 22.7. The quantitative estimate of drug-likeness (QED) is 0.600. The van der Waals surface area contributed by atoms with Crippen LogP contribution in [-0.4, -0.2) is 45.3 Å². The van der Waals surface area contributed by atoms with E-state index in [2.05, 4.69) is 10.6 Å². The summed E-state index contributed by atoms with van der Waals surface area (Å²) in [5.74, 6) is 0.0217. The Morgan fingerprint density at radius 1 is 1.26 bits per heavy atom. The van der Waals surface area contributed by atoms with E-state index in [1.165, 1.54) is 6.26 Å². The highest BCUT2D eigenvalue weighted by Gasteiger charge is 2.06. The molecule has 0 aromatic carbocycles. The van der Waals surface area contributed by atoms with Gasteiger partial charge in [-0.25, -0.2) is 0 Å². The van der Waals surface area contributed by atoms with Crippen LogP contribution in [0.2, 0.25) is 0 Å². The van der Waals surface area contributed by atoms with Gasteiger partial charge in [0.15, 0.2) is 0 Å². The normalized spacial score (nSPS) is 10.2. The SMILES string of the molecule is COCCOCC(=O)NCC(=O)NCc1ccco1. The Hall–Kier alpha value is -1.86. The zero-order valence-electron chi connectivity index (χ0n) is 10.8. The first-order valence-electron chi connectivity index (χ1n) is 5.85. The zero-order chi connectivity index (χ0) is 13.9. The molecule has 0 aliphatic carbocycles. The van der Waals surface area contributed by atoms with Crippen LogP contribution in [0.3, 0.4) is 0 Å². The van der Waals surface area contributed by atoms with Crippen LogP contribution in [0.1, 0.15) is 5.76 Å². The van der Waals surface area contributed by atoms with E-state index in [1.807, 2.05) is 0 Å². The van der Waals surface area contributed by atoms with Crippen LogP contribution in [0.5, 0.6) is 0 Å². The lowest BCUT2D eigenvalue weighted by atomic mass is 10.4. The number of nitrogens with one attached hydrogen (secondary N) is 2. The van der Waals surface area contributed by atoms with Gasteiger partial charge in [-0.2, -0.15) is 0 Å². The van der Waals surface area contributed by atoms with Crippen molar-refractivity contribution >= 4 is 11.8 Å². The fourth-order valence-corrected chi connectivity index (χ4v) is 1.20. The van der Waals surface area contributed by atoms with E-state index in [9.17, 15) is 9.59 Å². The molecule has 0 aliphatic heterocycles. The predicted octanol–water partition coefficient (Wildman–Crippen LogP) is -0.325. The molecule has 0 radical (unpaired) electrons. The molecule has 0 saturated heterocycles. The van der Waals surface area contributed by atoms with Crippen LogP contribution in [0.25, 0.3) is 0 Å². The molecule has 7 nitrogen and oxygen atoms in total. The summed E-state index contributed by atoms with van der Waals surface area (Å²) in [6, 6.07) is 3.49. The molecule has 0 saturated carbocycles. The second-order valence-corrected chi connectivity index (χ2v) is 3.68. The van der Waals surface area contributed by atoms with Crippen molar-refractivity contribution in [2.24, 2.45) is 0 Å². The van der Waals surface area contributed by atoms with Crippen molar-refractivity contribution in [1.82, 2.24) is 10.6 Å². The van der Waals surface area contributed by atoms with Crippen molar-refractivity contribution in [1.29, 1.82) is 0 Å². The summed E-state index contributed by atoms with van der Waals surface area (Å²) in [5.41, 5.74) is 0. The van der Waals surface area contributed by atoms with Gasteiger partial charge in [0.2, 0.25) is 11.8 Å². The van der Waals surface area contributed by atoms with Gasteiger partial charge in [-0.3, -0.25) is 9.59 Å². The van der Waals surface area contributed by atoms with Gasteiger partial charge in [0.05, 0.1) is 32.6 Å². The Morgan fingerprint density at radius 2 is 2.11 bits per heavy atom. The van der Waals surface area contributed by atoms with Crippen molar-refractivity contribution in [2.45, 2.75) is 6.54 Å². The standard InChI is InChI=1S/C12H18N2O5/c1-17-5-6-18-9-12(16)14-8-11(15)13-7-10-3-2-4-19-10/h2-4H,5-9H2,1H3,(H,13,15)(H,14,16). The van der Waals surface area contributed by atoms with Crippen molar-refractivity contribution in [3.63, 3.8) is 0 Å². The number of carbonyl (C=O) groups is 2. The Balaban J connectivity index is 2.04. The zero-order valence-corrected chi connectivity index (χ0v) is 10.8. The third kappa shape index (κ3) is 7.22. The molecule has 2 amide bonds. The second-order valence-electron chi connectivity index (χ2n) is 3.68. The van der Waals surface area contributed by atoms with E-state index in [-0.39, 0.29) is 25.0 Å². The average Bonchev–Trinajstić information content (AvgIpc) is 2.92. The van der Waals surface area contributed by atoms with E-state index >= 15 is 0 Å². The molecule has 1 aromatic heterocycles. The summed E-state index contributed by atoms with van der Waals surface area (Å²) in [5, 5.41) is 5.05. The summed E-state index contributed by atoms with van der Waals surface area (Å²) in [6.45, 7) is 0.888. The van der Waals surface area contributed by atoms with E-state index in [0.717, 1.165) is 0 Å². The van der Waals surface area contributed by atoms with Gasteiger partial charge in [-0.1, -0.05) is 0 Å². The third-order valence-corrected chi connectivity index (χ3v) is 2.15. The Kier molecular flexibility index (Phi) is 7.30. The molecule has 0 unspecified atom stereocenters. The molecule has 1 aromatic rings. The third-order valence-electron chi connectivity index (χ3n) is 2.15. The molecule has 0 atom stereocenters. The van der Waals surface area contributed by atoms with Gasteiger partial charge in [-0.15, -0.1) is 0 Å². The lowest BCUT2D eigenvalue weighted by molar-refractivity contribution is -0.129. The molecule has 0 spiro atoms. The topological polar surface area (TPSA) is 89.8 Å². The van der Waals surface area contributed by atoms with Gasteiger partial charge in [0.1, 0.15) is 12.4 Å². The van der Waals surface area contributed by atoms with Crippen LogP contribution in [0, 0.1) is 0 Å².